The van der Waals surface area contributed by atoms with Crippen LogP contribution in [-0.4, -0.2) is 53.9 Å². The van der Waals surface area contributed by atoms with Crippen molar-refractivity contribution in [2.45, 2.75) is 57.7 Å². The van der Waals surface area contributed by atoms with Crippen LogP contribution in [0.2, 0.25) is 0 Å². The van der Waals surface area contributed by atoms with E-state index in [0.717, 1.165) is 12.0 Å². The highest BCUT2D eigenvalue weighted by molar-refractivity contribution is 5.95. The summed E-state index contributed by atoms with van der Waals surface area (Å²) in [5, 5.41) is 12.4. The SMILES string of the molecule is CN[C@@H](C)C(=O)OC1CCN(c2c(F)cc3c(=O)c(C(=O)O)cn4c3c2CC[C@@H]4C)CC1. The van der Waals surface area contributed by atoms with E-state index in [1.54, 1.807) is 18.5 Å². The summed E-state index contributed by atoms with van der Waals surface area (Å²) in [6.45, 7) is 4.75. The lowest BCUT2D eigenvalue weighted by atomic mass is 9.93. The third kappa shape index (κ3) is 3.74. The molecule has 2 aromatic rings. The van der Waals surface area contributed by atoms with Crippen LogP contribution >= 0.6 is 0 Å². The van der Waals surface area contributed by atoms with Crippen molar-refractivity contribution in [2.75, 3.05) is 25.0 Å². The summed E-state index contributed by atoms with van der Waals surface area (Å²) in [6, 6.07) is 0.796. The van der Waals surface area contributed by atoms with Crippen molar-refractivity contribution in [3.05, 3.63) is 39.4 Å². The highest BCUT2D eigenvalue weighted by atomic mass is 19.1. The van der Waals surface area contributed by atoms with Crippen LogP contribution in [0.3, 0.4) is 0 Å². The van der Waals surface area contributed by atoms with Gasteiger partial charge < -0.3 is 24.6 Å². The average Bonchev–Trinajstić information content (AvgIpc) is 2.77. The number of nitrogens with zero attached hydrogens (tertiary/aromatic N) is 2. The Balaban J connectivity index is 1.69. The standard InChI is InChI=1S/C23H28FN3O5/c1-12-4-5-15-19-16(21(28)17(22(29)30)11-27(12)19)10-18(24)20(15)26-8-6-14(7-9-26)32-23(31)13(2)25-3/h10-14,25H,4-9H2,1-3H3,(H,29,30)/t12-,13-/m0/s1. The second kappa shape index (κ2) is 8.54. The van der Waals surface area contributed by atoms with Gasteiger partial charge >= 0.3 is 11.9 Å². The van der Waals surface area contributed by atoms with Crippen LogP contribution in [0, 0.1) is 5.82 Å². The maximum atomic E-state index is 15.3. The first-order valence-electron chi connectivity index (χ1n) is 11.0. The number of carboxylic acid groups (broad SMARTS) is 1. The van der Waals surface area contributed by atoms with Gasteiger partial charge in [-0.1, -0.05) is 0 Å². The van der Waals surface area contributed by atoms with Crippen molar-refractivity contribution >= 4 is 28.5 Å². The van der Waals surface area contributed by atoms with Gasteiger partial charge in [-0.15, -0.1) is 0 Å². The number of aromatic nitrogens is 1. The average molecular weight is 445 g/mol. The molecule has 2 atom stereocenters. The summed E-state index contributed by atoms with van der Waals surface area (Å²) in [7, 11) is 1.70. The lowest BCUT2D eigenvalue weighted by molar-refractivity contribution is -0.151. The number of pyridine rings is 1. The molecule has 2 N–H and O–H groups in total. The fourth-order valence-corrected chi connectivity index (χ4v) is 4.71. The zero-order valence-corrected chi connectivity index (χ0v) is 18.5. The van der Waals surface area contributed by atoms with E-state index in [4.69, 9.17) is 4.74 Å². The van der Waals surface area contributed by atoms with E-state index in [-0.39, 0.29) is 35.1 Å². The van der Waals surface area contributed by atoms with E-state index >= 15 is 4.39 Å². The summed E-state index contributed by atoms with van der Waals surface area (Å²) in [4.78, 5) is 38.3. The van der Waals surface area contributed by atoms with Gasteiger partial charge in [-0.25, -0.2) is 9.18 Å². The van der Waals surface area contributed by atoms with E-state index in [9.17, 15) is 19.5 Å². The number of piperidine rings is 1. The highest BCUT2D eigenvalue weighted by Crippen LogP contribution is 2.39. The Labute approximate surface area is 185 Å². The second-order valence-corrected chi connectivity index (χ2v) is 8.69. The number of anilines is 1. The van der Waals surface area contributed by atoms with Crippen LogP contribution in [0.1, 0.15) is 55.1 Å². The summed E-state index contributed by atoms with van der Waals surface area (Å²) >= 11 is 0. The predicted octanol–water partition coefficient (Wildman–Crippen LogP) is 2.47. The van der Waals surface area contributed by atoms with E-state index < -0.39 is 17.2 Å². The molecule has 172 valence electrons. The molecule has 2 aliphatic heterocycles. The van der Waals surface area contributed by atoms with Crippen LogP contribution in [0.15, 0.2) is 17.1 Å². The molecule has 1 aromatic heterocycles. The maximum Gasteiger partial charge on any atom is 0.341 e. The van der Waals surface area contributed by atoms with E-state index in [2.05, 4.69) is 5.32 Å². The van der Waals surface area contributed by atoms with Crippen molar-refractivity contribution in [1.29, 1.82) is 0 Å². The maximum absolute atomic E-state index is 15.3. The number of benzene rings is 1. The normalized spacial score (nSPS) is 19.8. The minimum absolute atomic E-state index is 0.00123. The van der Waals surface area contributed by atoms with Crippen molar-refractivity contribution in [1.82, 2.24) is 9.88 Å². The van der Waals surface area contributed by atoms with Crippen LogP contribution in [0.25, 0.3) is 10.9 Å². The molecule has 32 heavy (non-hydrogen) atoms. The van der Waals surface area contributed by atoms with Crippen molar-refractivity contribution in [2.24, 2.45) is 0 Å². The van der Waals surface area contributed by atoms with Gasteiger partial charge in [0.25, 0.3) is 0 Å². The van der Waals surface area contributed by atoms with Crippen molar-refractivity contribution in [3.8, 4) is 0 Å². The highest BCUT2D eigenvalue weighted by Gasteiger charge is 2.31. The number of esters is 1. The van der Waals surface area contributed by atoms with Crippen molar-refractivity contribution in [3.63, 3.8) is 0 Å². The molecule has 1 aromatic carbocycles. The number of aromatic carboxylic acids is 1. The molecule has 2 aliphatic rings. The number of likely N-dealkylation sites (N-methyl/N-ethyl adjacent to an activating group) is 1. The number of carbonyl (C=O) groups is 2. The first kappa shape index (κ1) is 22.3. The first-order chi connectivity index (χ1) is 15.2. The van der Waals surface area contributed by atoms with E-state index in [1.165, 1.54) is 12.3 Å². The van der Waals surface area contributed by atoms with Crippen LogP contribution < -0.4 is 15.6 Å². The fourth-order valence-electron chi connectivity index (χ4n) is 4.71. The molecular weight excluding hydrogens is 417 g/mol. The Kier molecular flexibility index (Phi) is 5.94. The Morgan fingerprint density at radius 3 is 2.59 bits per heavy atom. The molecule has 1 fully saturated rings. The number of carbonyl (C=O) groups excluding carboxylic acids is 1. The molecule has 9 heteroatoms. The topological polar surface area (TPSA) is 101 Å². The van der Waals surface area contributed by atoms with Gasteiger partial charge in [-0.3, -0.25) is 9.59 Å². The Bertz CT molecular complexity index is 1140. The number of nitrogens with one attached hydrogen (secondary N) is 1. The number of ether oxygens (including phenoxy) is 1. The van der Waals surface area contributed by atoms with Crippen LogP contribution in [0.5, 0.6) is 0 Å². The first-order valence-corrected chi connectivity index (χ1v) is 11.0. The molecule has 8 nitrogen and oxygen atoms in total. The Morgan fingerprint density at radius 1 is 1.28 bits per heavy atom. The van der Waals surface area contributed by atoms with E-state index in [1.807, 2.05) is 11.8 Å². The quantitative estimate of drug-likeness (QED) is 0.682. The minimum atomic E-state index is -1.31. The van der Waals surface area contributed by atoms with Gasteiger partial charge in [-0.2, -0.15) is 0 Å². The number of hydrogen-bond donors (Lipinski definition) is 2. The number of halogens is 1. The molecule has 0 amide bonds. The monoisotopic (exact) mass is 445 g/mol. The van der Waals surface area contributed by atoms with Crippen LogP contribution in [-0.2, 0) is 16.0 Å². The third-order valence-electron chi connectivity index (χ3n) is 6.68. The molecule has 3 heterocycles. The molecule has 4 rings (SSSR count). The molecular formula is C23H28FN3O5. The fraction of sp³-hybridized carbons (Fsp3) is 0.522. The van der Waals surface area contributed by atoms with Gasteiger partial charge in [0, 0.05) is 49.1 Å². The Hall–Kier alpha value is -2.94. The smallest absolute Gasteiger partial charge is 0.341 e. The molecule has 0 radical (unpaired) electrons. The third-order valence-corrected chi connectivity index (χ3v) is 6.68. The summed E-state index contributed by atoms with van der Waals surface area (Å²) in [5.74, 6) is -2.13. The van der Waals surface area contributed by atoms with Gasteiger partial charge in [-0.05, 0) is 39.8 Å². The van der Waals surface area contributed by atoms with Gasteiger partial charge in [0.05, 0.1) is 11.2 Å². The molecule has 0 bridgehead atoms. The molecule has 0 spiro atoms. The molecule has 0 aliphatic carbocycles. The summed E-state index contributed by atoms with van der Waals surface area (Å²) < 4.78 is 22.7. The van der Waals surface area contributed by atoms with E-state index in [0.29, 0.717) is 43.6 Å². The number of aryl methyl sites for hydroxylation is 1. The summed E-state index contributed by atoms with van der Waals surface area (Å²) in [6.07, 6.45) is 3.66. The number of hydrogen-bond acceptors (Lipinski definition) is 6. The lowest BCUT2D eigenvalue weighted by Gasteiger charge is -2.37. The second-order valence-electron chi connectivity index (χ2n) is 8.69. The lowest BCUT2D eigenvalue weighted by Crippen LogP contribution is -2.42. The predicted molar refractivity (Wildman–Crippen MR) is 118 cm³/mol. The summed E-state index contributed by atoms with van der Waals surface area (Å²) in [5.41, 5.74) is 0.823. The molecule has 1 saturated heterocycles. The zero-order chi connectivity index (χ0) is 23.2. The number of carboxylic acids is 1. The molecule has 0 saturated carbocycles. The number of rotatable bonds is 5. The van der Waals surface area contributed by atoms with Crippen LogP contribution in [0.4, 0.5) is 10.1 Å². The zero-order valence-electron chi connectivity index (χ0n) is 18.5. The van der Waals surface area contributed by atoms with Crippen molar-refractivity contribution < 1.29 is 23.8 Å². The van der Waals surface area contributed by atoms with Gasteiger partial charge in [0.2, 0.25) is 5.43 Å². The molecule has 0 unspecified atom stereocenters. The Morgan fingerprint density at radius 2 is 1.97 bits per heavy atom. The van der Waals surface area contributed by atoms with Gasteiger partial charge in [0.15, 0.2) is 0 Å². The van der Waals surface area contributed by atoms with Gasteiger partial charge in [0.1, 0.15) is 23.5 Å². The largest absolute Gasteiger partial charge is 0.477 e. The minimum Gasteiger partial charge on any atom is -0.477 e.